The zero-order chi connectivity index (χ0) is 8.43. The van der Waals surface area contributed by atoms with Crippen LogP contribution in [0.2, 0.25) is 0 Å². The van der Waals surface area contributed by atoms with Gasteiger partial charge in [-0.1, -0.05) is 0 Å². The molecule has 1 aromatic rings. The van der Waals surface area contributed by atoms with Crippen molar-refractivity contribution in [2.75, 3.05) is 24.7 Å². The van der Waals surface area contributed by atoms with Crippen molar-refractivity contribution in [3.63, 3.8) is 0 Å². The first-order valence-corrected chi connectivity index (χ1v) is 3.06. The Bertz CT molecular complexity index is 261. The van der Waals surface area contributed by atoms with Crippen LogP contribution in [-0.4, -0.2) is 24.1 Å². The first-order chi connectivity index (χ1) is 5.11. The van der Waals surface area contributed by atoms with Crippen LogP contribution in [0.15, 0.2) is 6.20 Å². The Labute approximate surface area is 63.9 Å². The number of hydrogen-bond acceptors (Lipinski definition) is 4. The van der Waals surface area contributed by atoms with Crippen LogP contribution in [0, 0.1) is 5.82 Å². The summed E-state index contributed by atoms with van der Waals surface area (Å²) in [5, 5.41) is 0. The maximum atomic E-state index is 12.8. The Kier molecular flexibility index (Phi) is 1.89. The minimum atomic E-state index is -0.468. The van der Waals surface area contributed by atoms with Gasteiger partial charge < -0.3 is 10.6 Å². The molecule has 0 atom stereocenters. The molecule has 0 bridgehead atoms. The third-order valence-electron chi connectivity index (χ3n) is 1.17. The van der Waals surface area contributed by atoms with Crippen molar-refractivity contribution in [1.29, 1.82) is 0 Å². The number of rotatable bonds is 1. The summed E-state index contributed by atoms with van der Waals surface area (Å²) in [6.07, 6.45) is 1.05. The maximum absolute atomic E-state index is 12.8. The van der Waals surface area contributed by atoms with Crippen LogP contribution in [0.1, 0.15) is 0 Å². The van der Waals surface area contributed by atoms with Gasteiger partial charge in [0.2, 0.25) is 5.95 Å². The smallest absolute Gasteiger partial charge is 0.222 e. The second-order valence-electron chi connectivity index (χ2n) is 2.29. The van der Waals surface area contributed by atoms with E-state index in [1.54, 1.807) is 14.1 Å². The molecule has 1 rings (SSSR count). The van der Waals surface area contributed by atoms with Crippen molar-refractivity contribution in [3.8, 4) is 0 Å². The molecule has 0 amide bonds. The van der Waals surface area contributed by atoms with Crippen molar-refractivity contribution in [3.05, 3.63) is 12.0 Å². The van der Waals surface area contributed by atoms with Gasteiger partial charge in [-0.15, -0.1) is 0 Å². The fourth-order valence-corrected chi connectivity index (χ4v) is 0.685. The predicted octanol–water partition coefficient (Wildman–Crippen LogP) is 0.264. The van der Waals surface area contributed by atoms with Crippen LogP contribution < -0.4 is 10.6 Å². The van der Waals surface area contributed by atoms with Crippen LogP contribution in [-0.2, 0) is 0 Å². The van der Waals surface area contributed by atoms with E-state index in [0.717, 1.165) is 6.20 Å². The van der Waals surface area contributed by atoms with Crippen molar-refractivity contribution in [1.82, 2.24) is 9.97 Å². The normalized spacial score (nSPS) is 9.73. The summed E-state index contributed by atoms with van der Waals surface area (Å²) in [4.78, 5) is 8.71. The molecule has 0 aliphatic heterocycles. The molecule has 2 N–H and O–H groups in total. The van der Waals surface area contributed by atoms with Crippen LogP contribution >= 0.6 is 0 Å². The van der Waals surface area contributed by atoms with E-state index in [1.807, 2.05) is 0 Å². The Morgan fingerprint density at radius 2 is 2.18 bits per heavy atom. The molecule has 0 aliphatic rings. The summed E-state index contributed by atoms with van der Waals surface area (Å²) in [5.41, 5.74) is 5.25. The van der Waals surface area contributed by atoms with Crippen LogP contribution in [0.4, 0.5) is 16.2 Å². The summed E-state index contributed by atoms with van der Waals surface area (Å²) in [7, 11) is 3.37. The number of nitrogen functional groups attached to an aromatic ring is 1. The molecule has 0 unspecified atom stereocenters. The van der Waals surface area contributed by atoms with Crippen LogP contribution in [0.3, 0.4) is 0 Å². The van der Waals surface area contributed by atoms with Gasteiger partial charge in [0.05, 0.1) is 6.20 Å². The standard InChI is InChI=1S/C6H9FN4/c1-11(2)5-4(7)3-9-6(8)10-5/h3H,1-2H3,(H2,8,9,10). The number of nitrogens with two attached hydrogens (primary N) is 1. The van der Waals surface area contributed by atoms with Gasteiger partial charge in [0.25, 0.3) is 0 Å². The highest BCUT2D eigenvalue weighted by Crippen LogP contribution is 2.12. The van der Waals surface area contributed by atoms with E-state index in [0.29, 0.717) is 0 Å². The Balaban J connectivity index is 3.13. The Morgan fingerprint density at radius 3 is 2.64 bits per heavy atom. The molecule has 0 saturated carbocycles. The van der Waals surface area contributed by atoms with Crippen molar-refractivity contribution < 1.29 is 4.39 Å². The largest absolute Gasteiger partial charge is 0.368 e. The van der Waals surface area contributed by atoms with Gasteiger partial charge >= 0.3 is 0 Å². The quantitative estimate of drug-likeness (QED) is 0.633. The zero-order valence-corrected chi connectivity index (χ0v) is 6.37. The molecular weight excluding hydrogens is 147 g/mol. The first-order valence-electron chi connectivity index (χ1n) is 3.06. The summed E-state index contributed by atoms with van der Waals surface area (Å²) < 4.78 is 12.8. The van der Waals surface area contributed by atoms with E-state index < -0.39 is 5.82 Å². The number of nitrogens with zero attached hydrogens (tertiary/aromatic N) is 3. The molecule has 11 heavy (non-hydrogen) atoms. The lowest BCUT2D eigenvalue weighted by Gasteiger charge is -2.11. The highest BCUT2D eigenvalue weighted by Gasteiger charge is 2.05. The Morgan fingerprint density at radius 1 is 1.55 bits per heavy atom. The second-order valence-corrected chi connectivity index (χ2v) is 2.29. The number of hydrogen-bond donors (Lipinski definition) is 1. The van der Waals surface area contributed by atoms with Crippen molar-refractivity contribution in [2.45, 2.75) is 0 Å². The molecule has 0 aromatic carbocycles. The van der Waals surface area contributed by atoms with E-state index in [4.69, 9.17) is 5.73 Å². The zero-order valence-electron chi connectivity index (χ0n) is 6.37. The molecule has 0 saturated heterocycles. The van der Waals surface area contributed by atoms with Gasteiger partial charge in [-0.25, -0.2) is 9.37 Å². The highest BCUT2D eigenvalue weighted by molar-refractivity contribution is 5.40. The lowest BCUT2D eigenvalue weighted by atomic mass is 10.5. The fraction of sp³-hybridized carbons (Fsp3) is 0.333. The average Bonchev–Trinajstić information content (AvgIpc) is 1.94. The third-order valence-corrected chi connectivity index (χ3v) is 1.17. The molecule has 0 spiro atoms. The van der Waals surface area contributed by atoms with Gasteiger partial charge in [-0.3, -0.25) is 0 Å². The molecule has 60 valence electrons. The van der Waals surface area contributed by atoms with Crippen LogP contribution in [0.25, 0.3) is 0 Å². The van der Waals surface area contributed by atoms with Crippen LogP contribution in [0.5, 0.6) is 0 Å². The van der Waals surface area contributed by atoms with Gasteiger partial charge in [0, 0.05) is 14.1 Å². The molecule has 0 radical (unpaired) electrons. The maximum Gasteiger partial charge on any atom is 0.222 e. The summed E-state index contributed by atoms with van der Waals surface area (Å²) in [6.45, 7) is 0. The third kappa shape index (κ3) is 1.54. The van der Waals surface area contributed by atoms with E-state index in [2.05, 4.69) is 9.97 Å². The molecule has 0 aliphatic carbocycles. The van der Waals surface area contributed by atoms with E-state index in [1.165, 1.54) is 4.90 Å². The van der Waals surface area contributed by atoms with Crippen molar-refractivity contribution >= 4 is 11.8 Å². The monoisotopic (exact) mass is 156 g/mol. The summed E-state index contributed by atoms with van der Waals surface area (Å²) in [5.74, 6) is -0.184. The summed E-state index contributed by atoms with van der Waals surface area (Å²) in [6, 6.07) is 0. The molecule has 4 nitrogen and oxygen atoms in total. The first kappa shape index (κ1) is 7.71. The molecule has 1 heterocycles. The number of aromatic nitrogens is 2. The minimum Gasteiger partial charge on any atom is -0.368 e. The minimum absolute atomic E-state index is 0.0788. The second kappa shape index (κ2) is 2.69. The van der Waals surface area contributed by atoms with Gasteiger partial charge in [0.1, 0.15) is 0 Å². The molecule has 5 heteroatoms. The SMILES string of the molecule is CN(C)c1nc(N)ncc1F. The van der Waals surface area contributed by atoms with Gasteiger partial charge in [0.15, 0.2) is 11.6 Å². The molecule has 0 fully saturated rings. The van der Waals surface area contributed by atoms with E-state index in [-0.39, 0.29) is 11.8 Å². The molecular formula is C6H9FN4. The number of halogens is 1. The highest BCUT2D eigenvalue weighted by atomic mass is 19.1. The van der Waals surface area contributed by atoms with Gasteiger partial charge in [-0.2, -0.15) is 4.98 Å². The van der Waals surface area contributed by atoms with E-state index >= 15 is 0 Å². The average molecular weight is 156 g/mol. The lowest BCUT2D eigenvalue weighted by molar-refractivity contribution is 0.613. The van der Waals surface area contributed by atoms with E-state index in [9.17, 15) is 4.39 Å². The number of anilines is 2. The molecule has 1 aromatic heterocycles. The predicted molar refractivity (Wildman–Crippen MR) is 40.7 cm³/mol. The topological polar surface area (TPSA) is 55.0 Å². The fourth-order valence-electron chi connectivity index (χ4n) is 0.685. The van der Waals surface area contributed by atoms with Crippen molar-refractivity contribution in [2.24, 2.45) is 0 Å². The van der Waals surface area contributed by atoms with Gasteiger partial charge in [-0.05, 0) is 0 Å². The summed E-state index contributed by atoms with van der Waals surface area (Å²) >= 11 is 0. The lowest BCUT2D eigenvalue weighted by Crippen LogP contribution is -2.14. The Hall–Kier alpha value is -1.39.